The van der Waals surface area contributed by atoms with Crippen LogP contribution < -0.4 is 10.5 Å². The van der Waals surface area contributed by atoms with Gasteiger partial charge in [-0.05, 0) is 13.0 Å². The number of carbonyl (C=O) groups is 3. The molecule has 8 N–H and O–H groups in total. The zero-order valence-corrected chi connectivity index (χ0v) is 21.3. The Bertz CT molecular complexity index is 1380. The van der Waals surface area contributed by atoms with Gasteiger partial charge in [-0.15, -0.1) is 0 Å². The predicted octanol–water partition coefficient (Wildman–Crippen LogP) is -0.715. The second-order valence-electron chi connectivity index (χ2n) is 10.3. The van der Waals surface area contributed by atoms with Crippen LogP contribution >= 0.6 is 0 Å². The molecule has 12 heteroatoms. The fourth-order valence-corrected chi connectivity index (χ4v) is 5.81. The summed E-state index contributed by atoms with van der Waals surface area (Å²) in [6, 6.07) is 3.90. The van der Waals surface area contributed by atoms with Gasteiger partial charge in [0.25, 0.3) is 0 Å². The van der Waals surface area contributed by atoms with Crippen molar-refractivity contribution in [2.45, 2.75) is 62.4 Å². The highest BCUT2D eigenvalue weighted by atomic mass is 16.7. The largest absolute Gasteiger partial charge is 0.507 e. The topological polar surface area (TPSA) is 208 Å². The van der Waals surface area contributed by atoms with Crippen LogP contribution in [0, 0.1) is 0 Å². The Morgan fingerprint density at radius 2 is 1.85 bits per heavy atom. The van der Waals surface area contributed by atoms with E-state index in [4.69, 9.17) is 14.2 Å². The normalized spacial score (nSPS) is 29.8. The lowest BCUT2D eigenvalue weighted by atomic mass is 9.72. The highest BCUT2D eigenvalue weighted by Crippen LogP contribution is 2.52. The van der Waals surface area contributed by atoms with E-state index in [0.29, 0.717) is 0 Å². The van der Waals surface area contributed by atoms with E-state index in [1.165, 1.54) is 25.3 Å². The fraction of sp³-hybridized carbons (Fsp3) is 0.444. The number of phenolic OH excluding ortho intramolecular Hbond substituents is 2. The molecule has 0 aromatic heterocycles. The van der Waals surface area contributed by atoms with Crippen molar-refractivity contribution in [2.75, 3.05) is 13.7 Å². The molecule has 1 fully saturated rings. The maximum Gasteiger partial charge on any atom is 0.202 e. The summed E-state index contributed by atoms with van der Waals surface area (Å²) in [6.45, 7) is 0.610. The van der Waals surface area contributed by atoms with Gasteiger partial charge in [-0.2, -0.15) is 0 Å². The van der Waals surface area contributed by atoms with Crippen molar-refractivity contribution >= 4 is 17.3 Å². The van der Waals surface area contributed by atoms with Crippen LogP contribution in [0.2, 0.25) is 0 Å². The second kappa shape index (κ2) is 9.66. The van der Waals surface area contributed by atoms with Crippen LogP contribution in [0.3, 0.4) is 0 Å². The Morgan fingerprint density at radius 3 is 2.49 bits per heavy atom. The lowest BCUT2D eigenvalue weighted by molar-refractivity contribution is -0.466. The van der Waals surface area contributed by atoms with Gasteiger partial charge in [-0.3, -0.25) is 14.4 Å². The fourth-order valence-electron chi connectivity index (χ4n) is 5.81. The van der Waals surface area contributed by atoms with Gasteiger partial charge in [0.05, 0.1) is 42.4 Å². The number of hydrogen-bond acceptors (Lipinski definition) is 11. The van der Waals surface area contributed by atoms with Crippen LogP contribution in [0.25, 0.3) is 0 Å². The van der Waals surface area contributed by atoms with Gasteiger partial charge >= 0.3 is 0 Å². The lowest BCUT2D eigenvalue weighted by Crippen LogP contribution is -2.71. The van der Waals surface area contributed by atoms with Crippen LogP contribution in [-0.4, -0.2) is 86.7 Å². The Hall–Kier alpha value is -3.39. The van der Waals surface area contributed by atoms with Gasteiger partial charge in [0, 0.05) is 29.5 Å². The molecule has 2 aromatic rings. The van der Waals surface area contributed by atoms with Crippen molar-refractivity contribution in [3.63, 3.8) is 0 Å². The molecular formula is C27H30NO11+. The SMILES string of the molecule is COc1cccc2c1C(=O)c1c(O)c3c(c(O)c1C2=O)C[C@@](O)(C(=O)CO)C[C@@H]3O[C@H]1C[C@H]([NH3+])[C@@H](O)[C@H](C)O1. The molecule has 0 bridgehead atoms. The van der Waals surface area contributed by atoms with Gasteiger partial charge in [0.2, 0.25) is 5.78 Å². The highest BCUT2D eigenvalue weighted by molar-refractivity contribution is 6.31. The first-order valence-electron chi connectivity index (χ1n) is 12.5. The van der Waals surface area contributed by atoms with E-state index >= 15 is 0 Å². The smallest absolute Gasteiger partial charge is 0.202 e. The number of Topliss-reactive ketones (excluding diaryl/α,β-unsaturated/α-hetero) is 1. The summed E-state index contributed by atoms with van der Waals surface area (Å²) >= 11 is 0. The minimum atomic E-state index is -2.23. The number of methoxy groups -OCH3 is 1. The molecule has 0 spiro atoms. The van der Waals surface area contributed by atoms with Crippen molar-refractivity contribution in [3.05, 3.63) is 51.6 Å². The summed E-state index contributed by atoms with van der Waals surface area (Å²) in [5.41, 5.74) is 0.362. The molecule has 0 unspecified atom stereocenters. The average molecular weight is 545 g/mol. The van der Waals surface area contributed by atoms with Gasteiger partial charge < -0.3 is 45.5 Å². The zero-order chi connectivity index (χ0) is 28.4. The number of hydrogen-bond donors (Lipinski definition) is 6. The van der Waals surface area contributed by atoms with E-state index in [-0.39, 0.29) is 34.4 Å². The minimum Gasteiger partial charge on any atom is -0.507 e. The van der Waals surface area contributed by atoms with Crippen molar-refractivity contribution in [3.8, 4) is 17.2 Å². The number of fused-ring (bicyclic) bond motifs is 3. The van der Waals surface area contributed by atoms with Crippen LogP contribution in [0.1, 0.15) is 68.8 Å². The number of rotatable bonds is 5. The molecule has 39 heavy (non-hydrogen) atoms. The maximum atomic E-state index is 13.7. The van der Waals surface area contributed by atoms with E-state index in [0.717, 1.165) is 0 Å². The number of carbonyl (C=O) groups excluding carboxylic acids is 3. The Balaban J connectivity index is 1.69. The Morgan fingerprint density at radius 1 is 1.15 bits per heavy atom. The number of ether oxygens (including phenoxy) is 3. The third kappa shape index (κ3) is 4.11. The molecule has 208 valence electrons. The molecule has 1 saturated heterocycles. The van der Waals surface area contributed by atoms with Crippen molar-refractivity contribution in [2.24, 2.45) is 0 Å². The molecule has 2 aromatic carbocycles. The number of ketones is 3. The molecule has 0 radical (unpaired) electrons. The summed E-state index contributed by atoms with van der Waals surface area (Å²) in [5.74, 6) is -3.71. The van der Waals surface area contributed by atoms with Crippen LogP contribution in [0.15, 0.2) is 18.2 Å². The molecule has 1 aliphatic heterocycles. The first-order chi connectivity index (χ1) is 18.4. The first kappa shape index (κ1) is 27.2. The number of aliphatic hydroxyl groups is 3. The third-order valence-corrected chi connectivity index (χ3v) is 7.88. The van der Waals surface area contributed by atoms with Gasteiger partial charge in [-0.25, -0.2) is 0 Å². The first-order valence-corrected chi connectivity index (χ1v) is 12.5. The Kier molecular flexibility index (Phi) is 6.74. The molecule has 2 aliphatic carbocycles. The standard InChI is InChI=1S/C27H29NO11/c1-10-22(31)13(28)6-17(38-10)39-15-8-27(36,16(30)9-29)7-12-19(15)26(35)21-20(24(12)33)23(32)11-4-3-5-14(37-2)18(11)25(21)34/h3-5,10,13,15,17,22,29,31,33,35-36H,6-9,28H2,1-2H3/p+1/t10-,13-,15-,17-,22-,27-/m0/s1. The average Bonchev–Trinajstić information content (AvgIpc) is 2.90. The molecule has 0 amide bonds. The number of benzene rings is 2. The number of aliphatic hydroxyl groups excluding tert-OH is 2. The zero-order valence-electron chi connectivity index (χ0n) is 21.3. The van der Waals surface area contributed by atoms with Crippen molar-refractivity contribution in [1.29, 1.82) is 0 Å². The quantitative estimate of drug-likeness (QED) is 0.221. The van der Waals surface area contributed by atoms with Gasteiger partial charge in [0.1, 0.15) is 41.6 Å². The molecule has 12 nitrogen and oxygen atoms in total. The Labute approximate surface area is 222 Å². The third-order valence-electron chi connectivity index (χ3n) is 7.88. The predicted molar refractivity (Wildman–Crippen MR) is 130 cm³/mol. The summed E-state index contributed by atoms with van der Waals surface area (Å²) in [4.78, 5) is 39.8. The molecule has 3 aliphatic rings. The monoisotopic (exact) mass is 544 g/mol. The lowest BCUT2D eigenvalue weighted by Gasteiger charge is -2.41. The molecule has 0 saturated carbocycles. The molecule has 1 heterocycles. The van der Waals surface area contributed by atoms with E-state index in [1.54, 1.807) is 6.92 Å². The van der Waals surface area contributed by atoms with Crippen molar-refractivity contribution < 1.29 is 59.9 Å². The van der Waals surface area contributed by atoms with E-state index in [9.17, 15) is 39.9 Å². The van der Waals surface area contributed by atoms with E-state index < -0.39 is 95.7 Å². The molecular weight excluding hydrogens is 514 g/mol. The van der Waals surface area contributed by atoms with E-state index in [2.05, 4.69) is 5.73 Å². The van der Waals surface area contributed by atoms with E-state index in [1.807, 2.05) is 0 Å². The number of phenols is 2. The van der Waals surface area contributed by atoms with Gasteiger partial charge in [-0.1, -0.05) is 12.1 Å². The number of quaternary nitrogens is 1. The second-order valence-corrected chi connectivity index (χ2v) is 10.3. The van der Waals surface area contributed by atoms with Crippen LogP contribution in [0.4, 0.5) is 0 Å². The van der Waals surface area contributed by atoms with Crippen molar-refractivity contribution in [1.82, 2.24) is 0 Å². The molecule has 5 rings (SSSR count). The summed E-state index contributed by atoms with van der Waals surface area (Å²) in [6.07, 6.45) is -4.72. The number of aromatic hydroxyl groups is 2. The maximum absolute atomic E-state index is 13.7. The summed E-state index contributed by atoms with van der Waals surface area (Å²) in [5, 5.41) is 53.8. The summed E-state index contributed by atoms with van der Waals surface area (Å²) in [7, 11) is 1.33. The minimum absolute atomic E-state index is 0.0450. The van der Waals surface area contributed by atoms with Crippen LogP contribution in [0.5, 0.6) is 17.2 Å². The summed E-state index contributed by atoms with van der Waals surface area (Å²) < 4.78 is 17.1. The highest BCUT2D eigenvalue weighted by Gasteiger charge is 2.50. The van der Waals surface area contributed by atoms with Crippen LogP contribution in [-0.2, 0) is 20.7 Å². The van der Waals surface area contributed by atoms with Gasteiger partial charge in [0.15, 0.2) is 17.9 Å². The molecule has 6 atom stereocenters.